The predicted octanol–water partition coefficient (Wildman–Crippen LogP) is 4.90. The lowest BCUT2D eigenvalue weighted by atomic mass is 10.0. The van der Waals surface area contributed by atoms with Crippen LogP contribution in [0.5, 0.6) is 0 Å². The van der Waals surface area contributed by atoms with Crippen molar-refractivity contribution >= 4 is 0 Å². The highest BCUT2D eigenvalue weighted by molar-refractivity contribution is 5.13. The molecule has 0 amide bonds. The van der Waals surface area contributed by atoms with Crippen molar-refractivity contribution in [2.75, 3.05) is 0 Å². The maximum Gasteiger partial charge on any atom is 0.0475 e. The topological polar surface area (TPSA) is 50.9 Å². The Morgan fingerprint density at radius 1 is 1.00 bits per heavy atom. The summed E-state index contributed by atoms with van der Waals surface area (Å²) in [6.45, 7) is 2.27. The van der Waals surface area contributed by atoms with Crippen molar-refractivity contribution in [1.29, 1.82) is 0 Å². The van der Waals surface area contributed by atoms with Crippen molar-refractivity contribution in [3.63, 3.8) is 0 Å². The van der Waals surface area contributed by atoms with Gasteiger partial charge >= 0.3 is 0 Å². The van der Waals surface area contributed by atoms with Gasteiger partial charge in [0.25, 0.3) is 0 Å². The molecule has 1 unspecified atom stereocenters. The standard InChI is InChI=1S/C18H33N3/c1-2-3-4-5-6-7-8-9-10-11-14-18(21-19)17-13-12-15-20-16-17/h12-13,15-16,18,21H,2-11,14,19H2,1H3. The van der Waals surface area contributed by atoms with E-state index in [4.69, 9.17) is 5.84 Å². The Labute approximate surface area is 130 Å². The first-order chi connectivity index (χ1) is 10.4. The molecule has 1 atom stereocenters. The van der Waals surface area contributed by atoms with Gasteiger partial charge in [-0.05, 0) is 18.1 Å². The van der Waals surface area contributed by atoms with E-state index in [1.165, 1.54) is 69.8 Å². The number of nitrogens with zero attached hydrogens (tertiary/aromatic N) is 1. The molecule has 0 spiro atoms. The van der Waals surface area contributed by atoms with Gasteiger partial charge < -0.3 is 0 Å². The van der Waals surface area contributed by atoms with Gasteiger partial charge in [0.2, 0.25) is 0 Å². The van der Waals surface area contributed by atoms with Crippen LogP contribution in [0.2, 0.25) is 0 Å². The van der Waals surface area contributed by atoms with Gasteiger partial charge in [-0.15, -0.1) is 0 Å². The fourth-order valence-corrected chi connectivity index (χ4v) is 2.76. The van der Waals surface area contributed by atoms with E-state index in [1.54, 1.807) is 6.20 Å². The van der Waals surface area contributed by atoms with Crippen LogP contribution in [-0.4, -0.2) is 4.98 Å². The van der Waals surface area contributed by atoms with Gasteiger partial charge in [0.05, 0.1) is 0 Å². The molecule has 0 saturated heterocycles. The van der Waals surface area contributed by atoms with Crippen LogP contribution >= 0.6 is 0 Å². The van der Waals surface area contributed by atoms with Crippen LogP contribution in [0.1, 0.15) is 89.2 Å². The molecule has 0 saturated carbocycles. The second-order valence-electron chi connectivity index (χ2n) is 5.98. The van der Waals surface area contributed by atoms with Gasteiger partial charge in [0, 0.05) is 18.4 Å². The molecule has 3 nitrogen and oxygen atoms in total. The molecule has 0 aromatic carbocycles. The number of nitrogens with one attached hydrogen (secondary N) is 1. The monoisotopic (exact) mass is 291 g/mol. The number of hydrogen-bond acceptors (Lipinski definition) is 3. The molecule has 1 rings (SSSR count). The molecule has 3 heteroatoms. The van der Waals surface area contributed by atoms with Crippen LogP contribution in [0.4, 0.5) is 0 Å². The second-order valence-corrected chi connectivity index (χ2v) is 5.98. The quantitative estimate of drug-likeness (QED) is 0.309. The van der Waals surface area contributed by atoms with Crippen molar-refractivity contribution in [1.82, 2.24) is 10.4 Å². The summed E-state index contributed by atoms with van der Waals surface area (Å²) >= 11 is 0. The third-order valence-electron chi connectivity index (χ3n) is 4.13. The van der Waals surface area contributed by atoms with Crippen LogP contribution in [0.25, 0.3) is 0 Å². The summed E-state index contributed by atoms with van der Waals surface area (Å²) in [5.41, 5.74) is 4.10. The van der Waals surface area contributed by atoms with Crippen LogP contribution in [-0.2, 0) is 0 Å². The van der Waals surface area contributed by atoms with Gasteiger partial charge in [-0.1, -0.05) is 77.2 Å². The van der Waals surface area contributed by atoms with E-state index in [0.29, 0.717) is 0 Å². The fraction of sp³-hybridized carbons (Fsp3) is 0.722. The minimum atomic E-state index is 0.243. The largest absolute Gasteiger partial charge is 0.271 e. The van der Waals surface area contributed by atoms with E-state index in [-0.39, 0.29) is 6.04 Å². The maximum atomic E-state index is 5.65. The molecular formula is C18H33N3. The number of rotatable bonds is 13. The SMILES string of the molecule is CCCCCCCCCCCCC(NN)c1cccnc1. The first-order valence-electron chi connectivity index (χ1n) is 8.74. The molecule has 1 aromatic rings. The van der Waals surface area contributed by atoms with E-state index in [2.05, 4.69) is 23.4 Å². The van der Waals surface area contributed by atoms with Gasteiger partial charge in [-0.2, -0.15) is 0 Å². The van der Waals surface area contributed by atoms with E-state index < -0.39 is 0 Å². The highest BCUT2D eigenvalue weighted by atomic mass is 15.2. The first kappa shape index (κ1) is 18.1. The molecule has 120 valence electrons. The Hall–Kier alpha value is -0.930. The van der Waals surface area contributed by atoms with Crippen molar-refractivity contribution in [2.24, 2.45) is 5.84 Å². The minimum Gasteiger partial charge on any atom is -0.271 e. The Balaban J connectivity index is 1.98. The Kier molecular flexibility index (Phi) is 11.0. The molecule has 21 heavy (non-hydrogen) atoms. The van der Waals surface area contributed by atoms with E-state index in [9.17, 15) is 0 Å². The lowest BCUT2D eigenvalue weighted by Gasteiger charge is -2.15. The summed E-state index contributed by atoms with van der Waals surface area (Å²) in [6, 6.07) is 4.30. The third-order valence-corrected chi connectivity index (χ3v) is 4.13. The van der Waals surface area contributed by atoms with Crippen LogP contribution in [0.15, 0.2) is 24.5 Å². The van der Waals surface area contributed by atoms with E-state index >= 15 is 0 Å². The normalized spacial score (nSPS) is 12.5. The summed E-state index contributed by atoms with van der Waals surface area (Å²) in [4.78, 5) is 4.16. The number of aromatic nitrogens is 1. The smallest absolute Gasteiger partial charge is 0.0475 e. The molecular weight excluding hydrogens is 258 g/mol. The number of pyridine rings is 1. The van der Waals surface area contributed by atoms with Gasteiger partial charge in [0.1, 0.15) is 0 Å². The fourth-order valence-electron chi connectivity index (χ4n) is 2.76. The molecule has 0 fully saturated rings. The predicted molar refractivity (Wildman–Crippen MR) is 90.8 cm³/mol. The number of hydrogen-bond donors (Lipinski definition) is 2. The lowest BCUT2D eigenvalue weighted by Crippen LogP contribution is -2.28. The van der Waals surface area contributed by atoms with Crippen molar-refractivity contribution < 1.29 is 0 Å². The van der Waals surface area contributed by atoms with Crippen LogP contribution in [0.3, 0.4) is 0 Å². The summed E-state index contributed by atoms with van der Waals surface area (Å²) in [6.07, 6.45) is 18.5. The Morgan fingerprint density at radius 3 is 2.14 bits per heavy atom. The van der Waals surface area contributed by atoms with E-state index in [1.807, 2.05) is 12.3 Å². The zero-order chi connectivity index (χ0) is 15.2. The van der Waals surface area contributed by atoms with Crippen molar-refractivity contribution in [3.05, 3.63) is 30.1 Å². The van der Waals surface area contributed by atoms with Gasteiger partial charge in [-0.25, -0.2) is 0 Å². The van der Waals surface area contributed by atoms with Crippen LogP contribution < -0.4 is 11.3 Å². The molecule has 0 aliphatic rings. The molecule has 0 aliphatic heterocycles. The zero-order valence-corrected chi connectivity index (χ0v) is 13.7. The molecule has 0 bridgehead atoms. The second kappa shape index (κ2) is 12.8. The number of hydrazine groups is 1. The number of nitrogens with two attached hydrogens (primary N) is 1. The highest BCUT2D eigenvalue weighted by Crippen LogP contribution is 2.19. The zero-order valence-electron chi connectivity index (χ0n) is 13.7. The average molecular weight is 291 g/mol. The third kappa shape index (κ3) is 8.84. The van der Waals surface area contributed by atoms with E-state index in [0.717, 1.165) is 6.42 Å². The lowest BCUT2D eigenvalue weighted by molar-refractivity contribution is 0.473. The highest BCUT2D eigenvalue weighted by Gasteiger charge is 2.08. The first-order valence-corrected chi connectivity index (χ1v) is 8.74. The maximum absolute atomic E-state index is 5.65. The summed E-state index contributed by atoms with van der Waals surface area (Å²) in [7, 11) is 0. The van der Waals surface area contributed by atoms with Gasteiger partial charge in [-0.3, -0.25) is 16.3 Å². The average Bonchev–Trinajstić information content (AvgIpc) is 2.54. The molecule has 3 N–H and O–H groups in total. The molecule has 0 aliphatic carbocycles. The Bertz CT molecular complexity index is 326. The summed E-state index contributed by atoms with van der Waals surface area (Å²) in [5, 5.41) is 0. The summed E-state index contributed by atoms with van der Waals surface area (Å²) < 4.78 is 0. The van der Waals surface area contributed by atoms with Gasteiger partial charge in [0.15, 0.2) is 0 Å². The minimum absolute atomic E-state index is 0.243. The number of unbranched alkanes of at least 4 members (excludes halogenated alkanes) is 9. The van der Waals surface area contributed by atoms with Crippen molar-refractivity contribution in [2.45, 2.75) is 83.6 Å². The summed E-state index contributed by atoms with van der Waals surface area (Å²) in [5.74, 6) is 5.65. The van der Waals surface area contributed by atoms with Crippen molar-refractivity contribution in [3.8, 4) is 0 Å². The molecule has 1 heterocycles. The van der Waals surface area contributed by atoms with Crippen LogP contribution in [0, 0.1) is 0 Å². The Morgan fingerprint density at radius 2 is 1.62 bits per heavy atom. The molecule has 1 aromatic heterocycles. The molecule has 0 radical (unpaired) electrons.